The Morgan fingerprint density at radius 1 is 1.27 bits per heavy atom. The topological polar surface area (TPSA) is 35.5 Å². The van der Waals surface area contributed by atoms with Crippen molar-refractivity contribution >= 4 is 0 Å². The molecule has 0 unspecified atom stereocenters. The van der Waals surface area contributed by atoms with Gasteiger partial charge in [0.05, 0.1) is 0 Å². The molecule has 15 heavy (non-hydrogen) atoms. The minimum Gasteiger partial charge on any atom is -0.396 e. The zero-order chi connectivity index (χ0) is 10.9. The third-order valence-corrected chi connectivity index (χ3v) is 3.39. The Labute approximate surface area is 93.9 Å². The van der Waals surface area contributed by atoms with Crippen molar-refractivity contribution in [2.45, 2.75) is 32.1 Å². The van der Waals surface area contributed by atoms with Gasteiger partial charge in [-0.15, -0.1) is 0 Å². The van der Waals surface area contributed by atoms with Crippen LogP contribution < -0.4 is 5.32 Å². The summed E-state index contributed by atoms with van der Waals surface area (Å²) in [5.74, 6) is 0.937. The van der Waals surface area contributed by atoms with Gasteiger partial charge in [0, 0.05) is 6.61 Å². The quantitative estimate of drug-likeness (QED) is 0.623. The van der Waals surface area contributed by atoms with E-state index in [1.54, 1.807) is 0 Å². The minimum absolute atomic E-state index is 0.346. The van der Waals surface area contributed by atoms with Gasteiger partial charge < -0.3 is 15.3 Å². The van der Waals surface area contributed by atoms with Crippen LogP contribution in [0.15, 0.2) is 0 Å². The van der Waals surface area contributed by atoms with Gasteiger partial charge in [-0.1, -0.05) is 0 Å². The Morgan fingerprint density at radius 3 is 2.60 bits per heavy atom. The molecule has 0 aliphatic carbocycles. The molecule has 0 bridgehead atoms. The molecule has 1 saturated heterocycles. The second-order valence-corrected chi connectivity index (χ2v) is 4.61. The highest BCUT2D eigenvalue weighted by atomic mass is 16.2. The molecule has 3 nitrogen and oxygen atoms in total. The number of unbranched alkanes of at least 4 members (excludes halogenated alkanes) is 1. The number of aliphatic hydroxyl groups excluding tert-OH is 1. The molecule has 90 valence electrons. The van der Waals surface area contributed by atoms with Crippen molar-refractivity contribution in [1.82, 2.24) is 10.2 Å². The van der Waals surface area contributed by atoms with Crippen LogP contribution in [0.4, 0.5) is 0 Å². The Kier molecular flexibility index (Phi) is 6.98. The molecule has 1 aliphatic rings. The van der Waals surface area contributed by atoms with Gasteiger partial charge in [-0.25, -0.2) is 0 Å². The van der Waals surface area contributed by atoms with Crippen LogP contribution in [0.25, 0.3) is 0 Å². The fourth-order valence-corrected chi connectivity index (χ4v) is 2.29. The Hall–Kier alpha value is -0.120. The number of nitrogens with zero attached hydrogens (tertiary/aromatic N) is 1. The molecule has 2 N–H and O–H groups in total. The summed E-state index contributed by atoms with van der Waals surface area (Å²) in [6.07, 6.45) is 6.17. The first kappa shape index (κ1) is 12.9. The fraction of sp³-hybridized carbons (Fsp3) is 1.00. The van der Waals surface area contributed by atoms with Crippen LogP contribution in [0, 0.1) is 5.92 Å². The number of piperidine rings is 1. The van der Waals surface area contributed by atoms with Gasteiger partial charge in [-0.3, -0.25) is 0 Å². The summed E-state index contributed by atoms with van der Waals surface area (Å²) < 4.78 is 0. The van der Waals surface area contributed by atoms with E-state index in [-0.39, 0.29) is 0 Å². The summed E-state index contributed by atoms with van der Waals surface area (Å²) >= 11 is 0. The van der Waals surface area contributed by atoms with Gasteiger partial charge in [0.15, 0.2) is 0 Å². The van der Waals surface area contributed by atoms with E-state index in [1.165, 1.54) is 38.9 Å². The van der Waals surface area contributed by atoms with Crippen molar-refractivity contribution in [3.63, 3.8) is 0 Å². The summed E-state index contributed by atoms with van der Waals surface area (Å²) in [5.41, 5.74) is 0. The molecule has 0 spiro atoms. The lowest BCUT2D eigenvalue weighted by atomic mass is 9.93. The van der Waals surface area contributed by atoms with E-state index in [9.17, 15) is 0 Å². The maximum Gasteiger partial charge on any atom is 0.0431 e. The van der Waals surface area contributed by atoms with E-state index in [4.69, 9.17) is 5.11 Å². The van der Waals surface area contributed by atoms with Crippen LogP contribution in [0.5, 0.6) is 0 Å². The van der Waals surface area contributed by atoms with Crippen molar-refractivity contribution in [3.05, 3.63) is 0 Å². The number of hydrogen-bond donors (Lipinski definition) is 2. The van der Waals surface area contributed by atoms with Crippen molar-refractivity contribution in [3.8, 4) is 0 Å². The molecule has 0 aromatic heterocycles. The first-order valence-corrected chi connectivity index (χ1v) is 6.34. The molecule has 0 atom stereocenters. The zero-order valence-corrected chi connectivity index (χ0v) is 10.0. The van der Waals surface area contributed by atoms with E-state index in [2.05, 4.69) is 10.2 Å². The van der Waals surface area contributed by atoms with E-state index in [0.717, 1.165) is 25.3 Å². The van der Waals surface area contributed by atoms with Crippen LogP contribution in [0.1, 0.15) is 32.1 Å². The molecule has 1 heterocycles. The van der Waals surface area contributed by atoms with Gasteiger partial charge in [-0.05, 0) is 71.2 Å². The molecule has 0 aromatic rings. The third-order valence-electron chi connectivity index (χ3n) is 3.39. The van der Waals surface area contributed by atoms with E-state index >= 15 is 0 Å². The largest absolute Gasteiger partial charge is 0.396 e. The number of rotatable bonds is 7. The molecule has 0 radical (unpaired) electrons. The van der Waals surface area contributed by atoms with E-state index < -0.39 is 0 Å². The highest BCUT2D eigenvalue weighted by Gasteiger charge is 2.17. The first-order chi connectivity index (χ1) is 7.36. The van der Waals surface area contributed by atoms with Crippen LogP contribution in [-0.4, -0.2) is 49.8 Å². The lowest BCUT2D eigenvalue weighted by Crippen LogP contribution is -2.35. The Balaban J connectivity index is 2.02. The van der Waals surface area contributed by atoms with Crippen LogP contribution in [0.2, 0.25) is 0 Å². The Morgan fingerprint density at radius 2 is 2.00 bits per heavy atom. The fourth-order valence-electron chi connectivity index (χ4n) is 2.29. The summed E-state index contributed by atoms with van der Waals surface area (Å²) in [4.78, 5) is 2.55. The van der Waals surface area contributed by atoms with Crippen LogP contribution in [0.3, 0.4) is 0 Å². The summed E-state index contributed by atoms with van der Waals surface area (Å²) in [7, 11) is 2.03. The van der Waals surface area contributed by atoms with Gasteiger partial charge in [0.2, 0.25) is 0 Å². The molecule has 3 heteroatoms. The molecule has 0 amide bonds. The summed E-state index contributed by atoms with van der Waals surface area (Å²) in [6, 6.07) is 0. The maximum atomic E-state index is 8.71. The van der Waals surface area contributed by atoms with Crippen molar-refractivity contribution in [1.29, 1.82) is 0 Å². The lowest BCUT2D eigenvalue weighted by molar-refractivity contribution is 0.171. The summed E-state index contributed by atoms with van der Waals surface area (Å²) in [5, 5.41) is 11.9. The average molecular weight is 214 g/mol. The molecular formula is C12H26N2O. The van der Waals surface area contributed by atoms with E-state index in [0.29, 0.717) is 6.61 Å². The van der Waals surface area contributed by atoms with Gasteiger partial charge >= 0.3 is 0 Å². The average Bonchev–Trinajstić information content (AvgIpc) is 2.28. The van der Waals surface area contributed by atoms with Crippen LogP contribution in [-0.2, 0) is 0 Å². The number of hydrogen-bond acceptors (Lipinski definition) is 3. The predicted molar refractivity (Wildman–Crippen MR) is 64.0 cm³/mol. The molecular weight excluding hydrogens is 188 g/mol. The Bertz CT molecular complexity index is 145. The second-order valence-electron chi connectivity index (χ2n) is 4.61. The molecule has 0 aromatic carbocycles. The third kappa shape index (κ3) is 5.50. The minimum atomic E-state index is 0.346. The van der Waals surface area contributed by atoms with Crippen LogP contribution >= 0.6 is 0 Å². The van der Waals surface area contributed by atoms with Gasteiger partial charge in [0.1, 0.15) is 0 Å². The first-order valence-electron chi connectivity index (χ1n) is 6.34. The number of nitrogens with one attached hydrogen (secondary N) is 1. The van der Waals surface area contributed by atoms with Gasteiger partial charge in [0.25, 0.3) is 0 Å². The van der Waals surface area contributed by atoms with Crippen molar-refractivity contribution in [2.75, 3.05) is 39.8 Å². The molecule has 0 saturated carbocycles. The summed E-state index contributed by atoms with van der Waals surface area (Å²) in [6.45, 7) is 5.22. The molecule has 1 fully saturated rings. The maximum absolute atomic E-state index is 8.71. The molecule has 1 aliphatic heterocycles. The lowest BCUT2D eigenvalue weighted by Gasteiger charge is -2.31. The second kappa shape index (κ2) is 8.08. The highest BCUT2D eigenvalue weighted by Crippen LogP contribution is 2.19. The SMILES string of the molecule is CNCCC1CCN(CCCCO)CC1. The zero-order valence-electron chi connectivity index (χ0n) is 10.0. The van der Waals surface area contributed by atoms with Gasteiger partial charge in [-0.2, -0.15) is 0 Å². The monoisotopic (exact) mass is 214 g/mol. The standard InChI is InChI=1S/C12H26N2O/c1-13-7-4-12-5-9-14(10-6-12)8-2-3-11-15/h12-13,15H,2-11H2,1H3. The smallest absolute Gasteiger partial charge is 0.0431 e. The molecule has 1 rings (SSSR count). The van der Waals surface area contributed by atoms with Crippen molar-refractivity contribution in [2.24, 2.45) is 5.92 Å². The normalized spacial score (nSPS) is 19.6. The predicted octanol–water partition coefficient (Wildman–Crippen LogP) is 1.08. The van der Waals surface area contributed by atoms with E-state index in [1.807, 2.05) is 7.05 Å². The number of aliphatic hydroxyl groups is 1. The van der Waals surface area contributed by atoms with Crippen molar-refractivity contribution < 1.29 is 5.11 Å². The highest BCUT2D eigenvalue weighted by molar-refractivity contribution is 4.72. The number of likely N-dealkylation sites (tertiary alicyclic amines) is 1.